The first-order valence-electron chi connectivity index (χ1n) is 9.96. The second kappa shape index (κ2) is 10.2. The molecule has 1 aromatic carbocycles. The standard InChI is InChI=1S/C20H32BN2O7/c1-9-11(3)17(12(4)10(2)13(9)6-14(22)20(27)28)21-29-16(7-23-5)19(30-21)18(26)15(25)8-24/h14-16,18-19,24-26H,6-8,22H2,1-5H3,(H,27,28)/q-1/t14?,15-,16+,18-,19-/m1/s1. The highest BCUT2D eigenvalue weighted by molar-refractivity contribution is 6.63. The summed E-state index contributed by atoms with van der Waals surface area (Å²) >= 11 is 0. The Bertz CT molecular complexity index is 747. The van der Waals surface area contributed by atoms with Gasteiger partial charge in [-0.1, -0.05) is 0 Å². The smallest absolute Gasteiger partial charge is 0.495 e. The molecule has 5 atom stereocenters. The van der Waals surface area contributed by atoms with Gasteiger partial charge in [-0.05, 0) is 67.4 Å². The second-order valence-corrected chi connectivity index (χ2v) is 7.89. The maximum Gasteiger partial charge on any atom is 0.495 e. The number of hydrogen-bond donors (Lipinski definition) is 5. The van der Waals surface area contributed by atoms with Crippen LogP contribution in [0.2, 0.25) is 0 Å². The molecule has 0 aromatic heterocycles. The Morgan fingerprint density at radius 2 is 1.70 bits per heavy atom. The molecule has 1 saturated heterocycles. The predicted molar refractivity (Wildman–Crippen MR) is 113 cm³/mol. The van der Waals surface area contributed by atoms with Crippen LogP contribution in [0.1, 0.15) is 27.8 Å². The topological polar surface area (TPSA) is 157 Å². The zero-order valence-corrected chi connectivity index (χ0v) is 18.1. The van der Waals surface area contributed by atoms with Crippen LogP contribution in [0.25, 0.3) is 5.32 Å². The van der Waals surface area contributed by atoms with Crippen LogP contribution >= 0.6 is 0 Å². The van der Waals surface area contributed by atoms with E-state index in [2.05, 4.69) is 5.32 Å². The Balaban J connectivity index is 2.42. The first-order chi connectivity index (χ1) is 14.0. The van der Waals surface area contributed by atoms with Crippen LogP contribution in [0.3, 0.4) is 0 Å². The summed E-state index contributed by atoms with van der Waals surface area (Å²) in [5.41, 5.74) is 11.0. The lowest BCUT2D eigenvalue weighted by molar-refractivity contribution is -0.138. The zero-order chi connectivity index (χ0) is 22.7. The van der Waals surface area contributed by atoms with Crippen molar-refractivity contribution < 1.29 is 34.5 Å². The lowest BCUT2D eigenvalue weighted by Gasteiger charge is -2.29. The molecule has 1 aromatic rings. The van der Waals surface area contributed by atoms with Crippen molar-refractivity contribution in [2.45, 2.75) is 64.6 Å². The molecule has 1 aliphatic heterocycles. The van der Waals surface area contributed by atoms with Gasteiger partial charge in [-0.15, -0.1) is 6.54 Å². The maximum absolute atomic E-state index is 11.2. The molecule has 0 saturated carbocycles. The van der Waals surface area contributed by atoms with Gasteiger partial charge in [0.2, 0.25) is 0 Å². The molecule has 9 nitrogen and oxygen atoms in total. The van der Waals surface area contributed by atoms with E-state index in [9.17, 15) is 25.2 Å². The van der Waals surface area contributed by atoms with Gasteiger partial charge in [0.15, 0.2) is 0 Å². The SMILES string of the molecule is C[N-]C[C@@H]1OB(c2c(C)c(C)c(CC(N)C(=O)O)c(C)c2C)O[C@H]1[C@H](O)[C@H](O)CO. The molecular formula is C20H32BN2O7-. The van der Waals surface area contributed by atoms with Crippen LogP contribution in [0.4, 0.5) is 0 Å². The van der Waals surface area contributed by atoms with Gasteiger partial charge >= 0.3 is 13.1 Å². The fraction of sp³-hybridized carbons (Fsp3) is 0.650. The van der Waals surface area contributed by atoms with Crippen molar-refractivity contribution in [2.75, 3.05) is 20.2 Å². The maximum atomic E-state index is 11.2. The Morgan fingerprint density at radius 1 is 1.13 bits per heavy atom. The highest BCUT2D eigenvalue weighted by atomic mass is 16.7. The Labute approximate surface area is 177 Å². The molecule has 0 amide bonds. The van der Waals surface area contributed by atoms with Gasteiger partial charge in [0.25, 0.3) is 0 Å². The van der Waals surface area contributed by atoms with E-state index in [1.54, 1.807) is 7.05 Å². The normalized spacial score (nSPS) is 22.2. The highest BCUT2D eigenvalue weighted by Gasteiger charge is 2.45. The summed E-state index contributed by atoms with van der Waals surface area (Å²) in [5, 5.41) is 42.7. The largest absolute Gasteiger partial charge is 0.663 e. The van der Waals surface area contributed by atoms with Crippen LogP contribution in [0, 0.1) is 27.7 Å². The number of aliphatic carboxylic acids is 1. The lowest BCUT2D eigenvalue weighted by Crippen LogP contribution is -2.46. The Kier molecular flexibility index (Phi) is 8.40. The Hall–Kier alpha value is -1.53. The molecule has 0 radical (unpaired) electrons. The van der Waals surface area contributed by atoms with Gasteiger partial charge < -0.3 is 40.8 Å². The first-order valence-corrected chi connectivity index (χ1v) is 9.96. The van der Waals surface area contributed by atoms with Crippen molar-refractivity contribution >= 4 is 18.6 Å². The minimum Gasteiger partial charge on any atom is -0.663 e. The number of aliphatic hydroxyl groups excluding tert-OH is 3. The number of nitrogens with zero attached hydrogens (tertiary/aromatic N) is 1. The van der Waals surface area contributed by atoms with Crippen LogP contribution in [-0.2, 0) is 20.5 Å². The summed E-state index contributed by atoms with van der Waals surface area (Å²) in [6, 6.07) is -0.999. The summed E-state index contributed by atoms with van der Waals surface area (Å²) in [4.78, 5) is 11.2. The third-order valence-corrected chi connectivity index (χ3v) is 6.04. The number of carboxylic acid groups (broad SMARTS) is 1. The molecule has 0 aliphatic carbocycles. The van der Waals surface area contributed by atoms with E-state index >= 15 is 0 Å². The van der Waals surface area contributed by atoms with Crippen LogP contribution in [-0.4, -0.2) is 84.2 Å². The quantitative estimate of drug-likeness (QED) is 0.319. The average molecular weight is 423 g/mol. The van der Waals surface area contributed by atoms with Gasteiger partial charge in [0.05, 0.1) is 18.8 Å². The molecule has 6 N–H and O–H groups in total. The fourth-order valence-corrected chi connectivity index (χ4v) is 3.98. The van der Waals surface area contributed by atoms with E-state index < -0.39 is 50.2 Å². The van der Waals surface area contributed by atoms with Crippen LogP contribution < -0.4 is 11.2 Å². The number of aliphatic hydroxyl groups is 3. The molecule has 168 valence electrons. The first kappa shape index (κ1) is 24.7. The van der Waals surface area contributed by atoms with Crippen molar-refractivity contribution in [2.24, 2.45) is 5.73 Å². The van der Waals surface area contributed by atoms with E-state index in [4.69, 9.17) is 15.0 Å². The second-order valence-electron chi connectivity index (χ2n) is 7.89. The number of hydrogen-bond acceptors (Lipinski definition) is 7. The van der Waals surface area contributed by atoms with Gasteiger partial charge in [-0.25, -0.2) is 0 Å². The molecule has 10 heteroatoms. The fourth-order valence-electron chi connectivity index (χ4n) is 3.98. The third kappa shape index (κ3) is 4.86. The Morgan fingerprint density at radius 3 is 2.17 bits per heavy atom. The summed E-state index contributed by atoms with van der Waals surface area (Å²) in [7, 11) is 0.829. The van der Waals surface area contributed by atoms with Crippen molar-refractivity contribution in [3.05, 3.63) is 33.1 Å². The van der Waals surface area contributed by atoms with Gasteiger partial charge in [-0.3, -0.25) is 4.79 Å². The molecule has 1 aliphatic rings. The summed E-state index contributed by atoms with van der Waals surface area (Å²) < 4.78 is 12.1. The summed E-state index contributed by atoms with van der Waals surface area (Å²) in [6.07, 6.45) is -3.93. The molecule has 1 unspecified atom stereocenters. The van der Waals surface area contributed by atoms with Crippen molar-refractivity contribution in [1.82, 2.24) is 0 Å². The van der Waals surface area contributed by atoms with Gasteiger partial charge in [-0.2, -0.15) is 7.05 Å². The average Bonchev–Trinajstić information content (AvgIpc) is 3.11. The molecule has 1 heterocycles. The molecular weight excluding hydrogens is 391 g/mol. The van der Waals surface area contributed by atoms with Crippen LogP contribution in [0.15, 0.2) is 0 Å². The summed E-state index contributed by atoms with van der Waals surface area (Å²) in [6.45, 7) is 7.29. The number of nitrogens with two attached hydrogens (primary N) is 1. The van der Waals surface area contributed by atoms with Crippen molar-refractivity contribution in [1.29, 1.82) is 0 Å². The monoisotopic (exact) mass is 423 g/mol. The molecule has 0 spiro atoms. The van der Waals surface area contributed by atoms with E-state index in [0.717, 1.165) is 33.3 Å². The minimum atomic E-state index is -1.36. The molecule has 30 heavy (non-hydrogen) atoms. The van der Waals surface area contributed by atoms with Crippen LogP contribution in [0.5, 0.6) is 0 Å². The number of likely N-dealkylation sites (N-methyl/N-ethyl adjacent to an activating group) is 1. The lowest BCUT2D eigenvalue weighted by atomic mass is 9.70. The number of carbonyl (C=O) groups is 1. The van der Waals surface area contributed by atoms with E-state index in [0.29, 0.717) is 0 Å². The van der Waals surface area contributed by atoms with E-state index in [1.807, 2.05) is 27.7 Å². The van der Waals surface area contributed by atoms with E-state index in [1.165, 1.54) is 0 Å². The molecule has 1 fully saturated rings. The van der Waals surface area contributed by atoms with Crippen molar-refractivity contribution in [3.8, 4) is 0 Å². The van der Waals surface area contributed by atoms with Gasteiger partial charge in [0, 0.05) is 0 Å². The number of benzene rings is 1. The zero-order valence-electron chi connectivity index (χ0n) is 18.1. The number of carboxylic acids is 1. The predicted octanol–water partition coefficient (Wildman–Crippen LogP) is -0.929. The minimum absolute atomic E-state index is 0.211. The molecule has 0 bridgehead atoms. The highest BCUT2D eigenvalue weighted by Crippen LogP contribution is 2.27. The van der Waals surface area contributed by atoms with Crippen molar-refractivity contribution in [3.63, 3.8) is 0 Å². The number of rotatable bonds is 9. The van der Waals surface area contributed by atoms with Gasteiger partial charge in [0.1, 0.15) is 18.2 Å². The molecule has 2 rings (SSSR count). The van der Waals surface area contributed by atoms with E-state index in [-0.39, 0.29) is 13.0 Å². The third-order valence-electron chi connectivity index (χ3n) is 6.04. The summed E-state index contributed by atoms with van der Waals surface area (Å²) in [5.74, 6) is -1.05.